The number of carbonyl (C=O) groups is 3. The van der Waals surface area contributed by atoms with Crippen LogP contribution in [0.4, 0.5) is 5.69 Å². The zero-order valence-corrected chi connectivity index (χ0v) is 22.9. The second-order valence-electron chi connectivity index (χ2n) is 11.5. The molecule has 2 saturated heterocycles. The molecule has 2 N–H and O–H groups in total. The monoisotopic (exact) mass is 523 g/mol. The molecule has 2 bridgehead atoms. The molecule has 206 valence electrons. The van der Waals surface area contributed by atoms with E-state index in [4.69, 9.17) is 9.47 Å². The smallest absolute Gasteiger partial charge is 0.246 e. The molecule has 0 unspecified atom stereocenters. The van der Waals surface area contributed by atoms with E-state index in [0.717, 1.165) is 24.8 Å². The normalized spacial score (nSPS) is 35.4. The predicted molar refractivity (Wildman–Crippen MR) is 144 cm³/mol. The lowest BCUT2D eigenvalue weighted by Gasteiger charge is -2.38. The Morgan fingerprint density at radius 1 is 1.21 bits per heavy atom. The second-order valence-corrected chi connectivity index (χ2v) is 11.5. The van der Waals surface area contributed by atoms with Crippen LogP contribution < -0.4 is 10.6 Å². The predicted octanol–water partition coefficient (Wildman–Crippen LogP) is 3.45. The van der Waals surface area contributed by atoms with Gasteiger partial charge >= 0.3 is 0 Å². The van der Waals surface area contributed by atoms with Gasteiger partial charge in [0.15, 0.2) is 0 Å². The number of benzene rings is 1. The van der Waals surface area contributed by atoms with Crippen molar-refractivity contribution < 1.29 is 23.9 Å². The molecule has 1 aliphatic carbocycles. The number of aryl methyl sites for hydroxylation is 1. The number of nitrogens with zero attached hydrogens (tertiary/aromatic N) is 1. The molecule has 3 heterocycles. The summed E-state index contributed by atoms with van der Waals surface area (Å²) >= 11 is 0. The van der Waals surface area contributed by atoms with Gasteiger partial charge in [-0.2, -0.15) is 0 Å². The van der Waals surface area contributed by atoms with Gasteiger partial charge in [0.05, 0.1) is 17.9 Å². The van der Waals surface area contributed by atoms with E-state index in [0.29, 0.717) is 43.7 Å². The molecule has 8 nitrogen and oxygen atoms in total. The highest BCUT2D eigenvalue weighted by atomic mass is 16.5. The van der Waals surface area contributed by atoms with Crippen molar-refractivity contribution in [3.05, 3.63) is 42.0 Å². The van der Waals surface area contributed by atoms with Crippen LogP contribution in [0.2, 0.25) is 0 Å². The number of nitrogens with one attached hydrogen (secondary N) is 2. The minimum absolute atomic E-state index is 0.0603. The first kappa shape index (κ1) is 26.9. The standard InChI is InChI=1S/C30H41N3O5/c1-5-37-16-8-15-33-26(28(35)32-22-12-7-10-19(3)20(22)4)30-14-13-23(38-30)24(25(30)29(33)36)27(34)31-21-11-6-9-18(2)17-21/h6,9,11,13-14,17,19-20,22-26H,5,7-8,10,12,15-16H2,1-4H3,(H,31,34)(H,32,35)/t19-,20-,22-,23-,24-,25-,26+,30+/m1/s1. The zero-order valence-electron chi connectivity index (χ0n) is 22.9. The second kappa shape index (κ2) is 10.8. The molecule has 1 aromatic carbocycles. The van der Waals surface area contributed by atoms with E-state index >= 15 is 0 Å². The van der Waals surface area contributed by atoms with Crippen LogP contribution in [0.1, 0.15) is 52.0 Å². The Hall–Kier alpha value is -2.71. The number of hydrogen-bond donors (Lipinski definition) is 2. The van der Waals surface area contributed by atoms with Crippen molar-refractivity contribution >= 4 is 23.4 Å². The first-order valence-corrected chi connectivity index (χ1v) is 14.2. The lowest BCUT2D eigenvalue weighted by Crippen LogP contribution is -2.58. The van der Waals surface area contributed by atoms with Crippen molar-refractivity contribution in [1.82, 2.24) is 10.2 Å². The highest BCUT2D eigenvalue weighted by Gasteiger charge is 2.72. The summed E-state index contributed by atoms with van der Waals surface area (Å²) in [4.78, 5) is 43.2. The summed E-state index contributed by atoms with van der Waals surface area (Å²) in [7, 11) is 0. The lowest BCUT2D eigenvalue weighted by atomic mass is 9.73. The summed E-state index contributed by atoms with van der Waals surface area (Å²) in [5.41, 5.74) is 0.573. The molecule has 5 rings (SSSR count). The lowest BCUT2D eigenvalue weighted by molar-refractivity contribution is -0.141. The molecule has 3 amide bonds. The molecule has 0 aromatic heterocycles. The third-order valence-electron chi connectivity index (χ3n) is 9.14. The number of rotatable bonds is 9. The Kier molecular flexibility index (Phi) is 7.65. The summed E-state index contributed by atoms with van der Waals surface area (Å²) in [6.45, 7) is 9.79. The molecular formula is C30H41N3O5. The van der Waals surface area contributed by atoms with Crippen LogP contribution in [0.5, 0.6) is 0 Å². The highest BCUT2D eigenvalue weighted by molar-refractivity contribution is 6.02. The van der Waals surface area contributed by atoms with E-state index in [1.54, 1.807) is 4.90 Å². The Morgan fingerprint density at radius 3 is 2.79 bits per heavy atom. The first-order chi connectivity index (χ1) is 18.3. The maximum Gasteiger partial charge on any atom is 0.246 e. The van der Waals surface area contributed by atoms with Gasteiger partial charge in [-0.15, -0.1) is 0 Å². The first-order valence-electron chi connectivity index (χ1n) is 14.2. The van der Waals surface area contributed by atoms with Gasteiger partial charge in [0.1, 0.15) is 11.6 Å². The van der Waals surface area contributed by atoms with Crippen LogP contribution in [-0.2, 0) is 23.9 Å². The number of fused-ring (bicyclic) bond motifs is 1. The average Bonchev–Trinajstić information content (AvgIpc) is 3.52. The van der Waals surface area contributed by atoms with Gasteiger partial charge in [0.25, 0.3) is 0 Å². The maximum absolute atomic E-state index is 14.0. The van der Waals surface area contributed by atoms with Crippen LogP contribution in [0.25, 0.3) is 0 Å². The van der Waals surface area contributed by atoms with Gasteiger partial charge in [-0.05, 0) is 56.2 Å². The van der Waals surface area contributed by atoms with E-state index in [-0.39, 0.29) is 23.8 Å². The van der Waals surface area contributed by atoms with Crippen LogP contribution in [-0.4, -0.2) is 66.2 Å². The number of anilines is 1. The Bertz CT molecular complexity index is 1110. The molecule has 3 aliphatic heterocycles. The summed E-state index contributed by atoms with van der Waals surface area (Å²) in [6.07, 6.45) is 6.97. The summed E-state index contributed by atoms with van der Waals surface area (Å²) in [5, 5.41) is 6.29. The fourth-order valence-corrected chi connectivity index (χ4v) is 6.98. The number of carbonyl (C=O) groups excluding carboxylic acids is 3. The quantitative estimate of drug-likeness (QED) is 0.382. The van der Waals surface area contributed by atoms with Crippen LogP contribution >= 0.6 is 0 Å². The molecule has 8 heteroatoms. The minimum Gasteiger partial charge on any atom is -0.382 e. The molecule has 8 atom stereocenters. The Morgan fingerprint density at radius 2 is 2.03 bits per heavy atom. The van der Waals surface area contributed by atoms with Gasteiger partial charge < -0.3 is 25.0 Å². The summed E-state index contributed by atoms with van der Waals surface area (Å²) in [5.74, 6) is -1.19. The van der Waals surface area contributed by atoms with E-state index < -0.39 is 29.6 Å². The van der Waals surface area contributed by atoms with E-state index in [1.807, 2.05) is 50.3 Å². The molecule has 1 aromatic rings. The van der Waals surface area contributed by atoms with Gasteiger partial charge in [0, 0.05) is 31.5 Å². The minimum atomic E-state index is -1.14. The number of hydrogen-bond acceptors (Lipinski definition) is 5. The molecular weight excluding hydrogens is 482 g/mol. The fraction of sp³-hybridized carbons (Fsp3) is 0.633. The van der Waals surface area contributed by atoms with Crippen molar-refractivity contribution in [3.8, 4) is 0 Å². The van der Waals surface area contributed by atoms with Crippen molar-refractivity contribution in [2.24, 2.45) is 23.7 Å². The molecule has 4 aliphatic rings. The van der Waals surface area contributed by atoms with E-state index in [9.17, 15) is 14.4 Å². The maximum atomic E-state index is 14.0. The molecule has 1 saturated carbocycles. The summed E-state index contributed by atoms with van der Waals surface area (Å²) < 4.78 is 12.0. The van der Waals surface area contributed by atoms with E-state index in [2.05, 4.69) is 24.5 Å². The largest absolute Gasteiger partial charge is 0.382 e. The molecule has 3 fully saturated rings. The molecule has 1 spiro atoms. The third kappa shape index (κ3) is 4.66. The van der Waals surface area contributed by atoms with Gasteiger partial charge in [-0.25, -0.2) is 0 Å². The van der Waals surface area contributed by atoms with Crippen molar-refractivity contribution in [1.29, 1.82) is 0 Å². The Labute approximate surface area is 225 Å². The average molecular weight is 524 g/mol. The van der Waals surface area contributed by atoms with Gasteiger partial charge in [0.2, 0.25) is 17.7 Å². The van der Waals surface area contributed by atoms with Crippen LogP contribution in [0.15, 0.2) is 36.4 Å². The number of ether oxygens (including phenoxy) is 2. The summed E-state index contributed by atoms with van der Waals surface area (Å²) in [6, 6.07) is 6.83. The van der Waals surface area contributed by atoms with Crippen molar-refractivity contribution in [3.63, 3.8) is 0 Å². The van der Waals surface area contributed by atoms with Gasteiger partial charge in [-0.1, -0.05) is 51.0 Å². The van der Waals surface area contributed by atoms with Gasteiger partial charge in [-0.3, -0.25) is 14.4 Å². The zero-order chi connectivity index (χ0) is 27.0. The van der Waals surface area contributed by atoms with E-state index in [1.165, 1.54) is 0 Å². The highest BCUT2D eigenvalue weighted by Crippen LogP contribution is 2.55. The van der Waals surface area contributed by atoms with Crippen LogP contribution in [0, 0.1) is 30.6 Å². The fourth-order valence-electron chi connectivity index (χ4n) is 6.98. The number of likely N-dealkylation sites (tertiary alicyclic amines) is 1. The SMILES string of the molecule is CCOCCCN1C(=O)[C@H]2[C@H](C(=O)Nc3cccc(C)c3)[C@H]3C=C[C@@]2(O3)[C@@H]1C(=O)N[C@@H]1CCC[C@@H](C)[C@H]1C. The van der Waals surface area contributed by atoms with Crippen LogP contribution in [0.3, 0.4) is 0 Å². The third-order valence-corrected chi connectivity index (χ3v) is 9.14. The topological polar surface area (TPSA) is 97.0 Å². The van der Waals surface area contributed by atoms with Crippen molar-refractivity contribution in [2.75, 3.05) is 25.1 Å². The van der Waals surface area contributed by atoms with Crippen molar-refractivity contribution in [2.45, 2.75) is 77.2 Å². The Balaban J connectivity index is 1.41. The number of amides is 3. The molecule has 38 heavy (non-hydrogen) atoms. The molecule has 0 radical (unpaired) electrons.